The van der Waals surface area contributed by atoms with E-state index in [1.165, 1.54) is 37.2 Å². The van der Waals surface area contributed by atoms with Crippen molar-refractivity contribution in [3.63, 3.8) is 0 Å². The molecule has 0 radical (unpaired) electrons. The van der Waals surface area contributed by atoms with Crippen molar-refractivity contribution in [3.8, 4) is 22.9 Å². The summed E-state index contributed by atoms with van der Waals surface area (Å²) >= 11 is 1.23. The first-order valence-electron chi connectivity index (χ1n) is 10.7. The van der Waals surface area contributed by atoms with Crippen molar-refractivity contribution >= 4 is 33.1 Å². The van der Waals surface area contributed by atoms with Gasteiger partial charge in [-0.2, -0.15) is 0 Å². The first kappa shape index (κ1) is 24.1. The van der Waals surface area contributed by atoms with Crippen molar-refractivity contribution in [2.75, 3.05) is 26.6 Å². The number of fused-ring (bicyclic) bond motifs is 1. The molecule has 0 bridgehead atoms. The monoisotopic (exact) mass is 495 g/mol. The Morgan fingerprint density at radius 1 is 0.971 bits per heavy atom. The molecule has 2 aromatic carbocycles. The second kappa shape index (κ2) is 9.67. The van der Waals surface area contributed by atoms with Crippen LogP contribution in [0.1, 0.15) is 11.1 Å². The van der Waals surface area contributed by atoms with E-state index in [0.717, 1.165) is 15.7 Å². The zero-order valence-corrected chi connectivity index (χ0v) is 20.8. The number of amides is 1. The van der Waals surface area contributed by atoms with Crippen molar-refractivity contribution in [1.29, 1.82) is 0 Å². The number of carbonyl (C=O) groups excluding carboxylic acids is 1. The number of thiophene rings is 1. The van der Waals surface area contributed by atoms with Crippen molar-refractivity contribution < 1.29 is 19.0 Å². The van der Waals surface area contributed by atoms with Crippen LogP contribution in [0.3, 0.4) is 0 Å². The molecule has 4 aromatic rings. The molecule has 0 saturated carbocycles. The van der Waals surface area contributed by atoms with Crippen LogP contribution in [-0.4, -0.2) is 36.4 Å². The van der Waals surface area contributed by atoms with E-state index >= 15 is 0 Å². The molecule has 0 fully saturated rings. The number of methoxy groups -OCH3 is 3. The molecule has 0 aliphatic rings. The van der Waals surface area contributed by atoms with Crippen LogP contribution in [0.25, 0.3) is 15.9 Å². The van der Waals surface area contributed by atoms with Gasteiger partial charge in [0.05, 0.1) is 32.5 Å². The summed E-state index contributed by atoms with van der Waals surface area (Å²) in [4.78, 5) is 39.7. The van der Waals surface area contributed by atoms with E-state index in [0.29, 0.717) is 38.8 Å². The molecule has 0 unspecified atom stereocenters. The summed E-state index contributed by atoms with van der Waals surface area (Å²) in [5, 5.41) is 4.50. The number of aryl methyl sites for hydroxylation is 2. The highest BCUT2D eigenvalue weighted by Crippen LogP contribution is 2.39. The van der Waals surface area contributed by atoms with Crippen LogP contribution >= 0.6 is 11.3 Å². The summed E-state index contributed by atoms with van der Waals surface area (Å²) in [6.45, 7) is 3.48. The topological polar surface area (TPSA) is 101 Å². The number of carbonyl (C=O) groups is 1. The molecule has 10 heteroatoms. The zero-order chi connectivity index (χ0) is 25.3. The number of hydrogen-bond acceptors (Lipinski definition) is 7. The average Bonchev–Trinajstić information content (AvgIpc) is 3.32. The zero-order valence-electron chi connectivity index (χ0n) is 20.0. The molecule has 0 saturated heterocycles. The van der Waals surface area contributed by atoms with Gasteiger partial charge in [0.15, 0.2) is 11.5 Å². The number of hydrogen-bond donors (Lipinski definition) is 1. The fourth-order valence-electron chi connectivity index (χ4n) is 4.01. The van der Waals surface area contributed by atoms with E-state index < -0.39 is 17.2 Å². The molecule has 0 atom stereocenters. The number of nitrogens with zero attached hydrogens (tertiary/aromatic N) is 2. The van der Waals surface area contributed by atoms with Crippen molar-refractivity contribution in [3.05, 3.63) is 73.7 Å². The molecule has 4 rings (SSSR count). The lowest BCUT2D eigenvalue weighted by Crippen LogP contribution is -2.40. The number of ether oxygens (including phenoxy) is 3. The fraction of sp³-hybridized carbons (Fsp3) is 0.240. The number of nitrogens with one attached hydrogen (secondary N) is 1. The van der Waals surface area contributed by atoms with E-state index in [2.05, 4.69) is 5.32 Å². The first-order chi connectivity index (χ1) is 16.8. The van der Waals surface area contributed by atoms with Gasteiger partial charge in [0.2, 0.25) is 11.7 Å². The van der Waals surface area contributed by atoms with Crippen LogP contribution in [-0.2, 0) is 11.3 Å². The Hall–Kier alpha value is -4.05. The summed E-state index contributed by atoms with van der Waals surface area (Å²) in [6.07, 6.45) is 0. The molecule has 182 valence electrons. The van der Waals surface area contributed by atoms with Crippen molar-refractivity contribution in [2.24, 2.45) is 0 Å². The van der Waals surface area contributed by atoms with Crippen LogP contribution in [0.15, 0.2) is 51.4 Å². The van der Waals surface area contributed by atoms with Crippen LogP contribution in [0, 0.1) is 13.8 Å². The third-order valence-corrected chi connectivity index (χ3v) is 6.49. The van der Waals surface area contributed by atoms with Gasteiger partial charge in [-0.3, -0.25) is 14.2 Å². The maximum Gasteiger partial charge on any atom is 0.336 e. The second-order valence-corrected chi connectivity index (χ2v) is 8.81. The maximum absolute atomic E-state index is 13.5. The standard InChI is InChI=1S/C25H25N3O6S/c1-14-6-7-17(15(2)10-14)28-24(30)23-18(8-9-35-23)27(25(28)31)13-21(29)26-16-11-19(32-3)22(34-5)20(12-16)33-4/h6-12H,13H2,1-5H3,(H,26,29). The molecule has 1 amide bonds. The summed E-state index contributed by atoms with van der Waals surface area (Å²) in [6, 6.07) is 10.3. The van der Waals surface area contributed by atoms with Gasteiger partial charge in [0, 0.05) is 17.8 Å². The predicted molar refractivity (Wildman–Crippen MR) is 136 cm³/mol. The molecule has 2 heterocycles. The minimum Gasteiger partial charge on any atom is -0.493 e. The van der Waals surface area contributed by atoms with Crippen LogP contribution in [0.5, 0.6) is 17.2 Å². The molecule has 2 aromatic heterocycles. The Bertz CT molecular complexity index is 1520. The lowest BCUT2D eigenvalue weighted by Gasteiger charge is -2.16. The smallest absolute Gasteiger partial charge is 0.336 e. The van der Waals surface area contributed by atoms with E-state index in [9.17, 15) is 14.4 Å². The highest BCUT2D eigenvalue weighted by atomic mass is 32.1. The number of aromatic nitrogens is 2. The van der Waals surface area contributed by atoms with Crippen molar-refractivity contribution in [2.45, 2.75) is 20.4 Å². The van der Waals surface area contributed by atoms with Gasteiger partial charge < -0.3 is 19.5 Å². The van der Waals surface area contributed by atoms with Gasteiger partial charge in [-0.15, -0.1) is 11.3 Å². The van der Waals surface area contributed by atoms with Gasteiger partial charge in [0.25, 0.3) is 5.56 Å². The minimum absolute atomic E-state index is 0.298. The quantitative estimate of drug-likeness (QED) is 0.421. The number of benzene rings is 2. The van der Waals surface area contributed by atoms with Crippen molar-refractivity contribution in [1.82, 2.24) is 9.13 Å². The summed E-state index contributed by atoms with van der Waals surface area (Å²) in [7, 11) is 4.44. The molecule has 35 heavy (non-hydrogen) atoms. The molecule has 0 spiro atoms. The SMILES string of the molecule is COc1cc(NC(=O)Cn2c(=O)n(-c3ccc(C)cc3C)c(=O)c3sccc32)cc(OC)c1OC. The Kier molecular flexibility index (Phi) is 6.65. The van der Waals surface area contributed by atoms with E-state index in [1.54, 1.807) is 29.6 Å². The average molecular weight is 496 g/mol. The normalized spacial score (nSPS) is 10.9. The largest absolute Gasteiger partial charge is 0.493 e. The molecule has 1 N–H and O–H groups in total. The second-order valence-electron chi connectivity index (χ2n) is 7.90. The maximum atomic E-state index is 13.5. The van der Waals surface area contributed by atoms with Crippen LogP contribution in [0.4, 0.5) is 5.69 Å². The summed E-state index contributed by atoms with van der Waals surface area (Å²) < 4.78 is 18.8. The van der Waals surface area contributed by atoms with E-state index in [-0.39, 0.29) is 6.54 Å². The summed E-state index contributed by atoms with van der Waals surface area (Å²) in [5.41, 5.74) is 2.10. The molecule has 0 aliphatic carbocycles. The first-order valence-corrected chi connectivity index (χ1v) is 11.6. The highest BCUT2D eigenvalue weighted by molar-refractivity contribution is 7.17. The molecule has 9 nitrogen and oxygen atoms in total. The van der Waals surface area contributed by atoms with Gasteiger partial charge in [0.1, 0.15) is 11.2 Å². The van der Waals surface area contributed by atoms with Gasteiger partial charge in [-0.25, -0.2) is 9.36 Å². The Labute approximate surface area is 205 Å². The number of anilines is 1. The van der Waals surface area contributed by atoms with Gasteiger partial charge in [-0.05, 0) is 36.9 Å². The lowest BCUT2D eigenvalue weighted by molar-refractivity contribution is -0.116. The van der Waals surface area contributed by atoms with Crippen LogP contribution < -0.4 is 30.8 Å². The molecular weight excluding hydrogens is 470 g/mol. The van der Waals surface area contributed by atoms with Crippen LogP contribution in [0.2, 0.25) is 0 Å². The summed E-state index contributed by atoms with van der Waals surface area (Å²) in [5.74, 6) is 0.690. The van der Waals surface area contributed by atoms with E-state index in [1.807, 2.05) is 26.0 Å². The van der Waals surface area contributed by atoms with Gasteiger partial charge in [-0.1, -0.05) is 17.7 Å². The minimum atomic E-state index is -0.590. The van der Waals surface area contributed by atoms with E-state index in [4.69, 9.17) is 14.2 Å². The third-order valence-electron chi connectivity index (χ3n) is 5.60. The third kappa shape index (κ3) is 4.40. The highest BCUT2D eigenvalue weighted by Gasteiger charge is 2.20. The Balaban J connectivity index is 1.76. The predicted octanol–water partition coefficient (Wildman–Crippen LogP) is 3.50. The molecular formula is C25H25N3O6S. The Morgan fingerprint density at radius 3 is 2.26 bits per heavy atom. The molecule has 0 aliphatic heterocycles. The van der Waals surface area contributed by atoms with Gasteiger partial charge >= 0.3 is 5.69 Å². The Morgan fingerprint density at radius 2 is 1.66 bits per heavy atom. The fourth-order valence-corrected chi connectivity index (χ4v) is 4.83. The number of rotatable bonds is 7. The lowest BCUT2D eigenvalue weighted by atomic mass is 10.1.